The Morgan fingerprint density at radius 2 is 2.14 bits per heavy atom. The maximum atomic E-state index is 12.5. The van der Waals surface area contributed by atoms with E-state index in [0.717, 1.165) is 0 Å². The standard InChI is InChI=1S/C15H21N2O4P/c1-22(20,12-5-3-2-4-6-12)21-10-14(18)13(16)9-11-7-8-17-15(11)19/h2-6,11,13H,7-10,16H2,1H3,(H,17,19)/t11-,13-,22?/m0/s1. The van der Waals surface area contributed by atoms with Gasteiger partial charge in [0.2, 0.25) is 13.3 Å². The third kappa shape index (κ3) is 4.26. The molecule has 1 amide bonds. The molecule has 7 heteroatoms. The lowest BCUT2D eigenvalue weighted by atomic mass is 9.97. The highest BCUT2D eigenvalue weighted by Crippen LogP contribution is 2.40. The van der Waals surface area contributed by atoms with E-state index in [1.54, 1.807) is 24.3 Å². The molecule has 3 atom stereocenters. The molecule has 0 aliphatic carbocycles. The highest BCUT2D eigenvalue weighted by atomic mass is 31.2. The Bertz CT molecular complexity index is 590. The molecule has 6 nitrogen and oxygen atoms in total. The number of carbonyl (C=O) groups is 2. The zero-order valence-electron chi connectivity index (χ0n) is 12.5. The van der Waals surface area contributed by atoms with Crippen molar-refractivity contribution in [1.29, 1.82) is 0 Å². The summed E-state index contributed by atoms with van der Waals surface area (Å²) in [5.74, 6) is -0.617. The van der Waals surface area contributed by atoms with Crippen LogP contribution in [0.4, 0.5) is 0 Å². The number of nitrogens with two attached hydrogens (primary N) is 1. The predicted octanol–water partition coefficient (Wildman–Crippen LogP) is 0.659. The van der Waals surface area contributed by atoms with Crippen molar-refractivity contribution in [2.45, 2.75) is 18.9 Å². The first kappa shape index (κ1) is 16.9. The van der Waals surface area contributed by atoms with E-state index >= 15 is 0 Å². The van der Waals surface area contributed by atoms with Gasteiger partial charge in [0, 0.05) is 24.4 Å². The summed E-state index contributed by atoms with van der Waals surface area (Å²) in [5.41, 5.74) is 5.83. The highest BCUT2D eigenvalue weighted by molar-refractivity contribution is 7.66. The van der Waals surface area contributed by atoms with Gasteiger partial charge < -0.3 is 15.6 Å². The summed E-state index contributed by atoms with van der Waals surface area (Å²) in [7, 11) is -3.04. The van der Waals surface area contributed by atoms with Crippen LogP contribution in [0.1, 0.15) is 12.8 Å². The van der Waals surface area contributed by atoms with E-state index in [2.05, 4.69) is 5.32 Å². The smallest absolute Gasteiger partial charge is 0.229 e. The molecule has 120 valence electrons. The Labute approximate surface area is 129 Å². The third-order valence-corrected chi connectivity index (χ3v) is 5.65. The zero-order chi connectivity index (χ0) is 16.2. The molecule has 1 fully saturated rings. The fraction of sp³-hybridized carbons (Fsp3) is 0.467. The van der Waals surface area contributed by atoms with E-state index in [1.165, 1.54) is 6.66 Å². The highest BCUT2D eigenvalue weighted by Gasteiger charge is 2.29. The van der Waals surface area contributed by atoms with Gasteiger partial charge in [-0.05, 0) is 25.0 Å². The number of hydrogen-bond acceptors (Lipinski definition) is 5. The van der Waals surface area contributed by atoms with E-state index in [1.807, 2.05) is 6.07 Å². The topological polar surface area (TPSA) is 98.5 Å². The number of nitrogens with one attached hydrogen (secondary N) is 1. The van der Waals surface area contributed by atoms with Gasteiger partial charge in [0.15, 0.2) is 5.78 Å². The first-order valence-electron chi connectivity index (χ1n) is 7.24. The number of amides is 1. The van der Waals surface area contributed by atoms with E-state index in [4.69, 9.17) is 10.3 Å². The summed E-state index contributed by atoms with van der Waals surface area (Å²) in [6.45, 7) is 1.79. The van der Waals surface area contributed by atoms with Gasteiger partial charge >= 0.3 is 0 Å². The first-order valence-corrected chi connectivity index (χ1v) is 9.31. The van der Waals surface area contributed by atoms with Crippen LogP contribution < -0.4 is 16.4 Å². The fourth-order valence-corrected chi connectivity index (χ4v) is 3.61. The molecule has 0 radical (unpaired) electrons. The van der Waals surface area contributed by atoms with Gasteiger partial charge in [0.25, 0.3) is 0 Å². The Morgan fingerprint density at radius 3 is 2.73 bits per heavy atom. The average molecular weight is 324 g/mol. The maximum absolute atomic E-state index is 12.5. The van der Waals surface area contributed by atoms with Gasteiger partial charge in [-0.1, -0.05) is 18.2 Å². The van der Waals surface area contributed by atoms with E-state index in [0.29, 0.717) is 24.7 Å². The maximum Gasteiger partial charge on any atom is 0.229 e. The Morgan fingerprint density at radius 1 is 1.45 bits per heavy atom. The van der Waals surface area contributed by atoms with Crippen LogP contribution in [0.15, 0.2) is 30.3 Å². The van der Waals surface area contributed by atoms with Crippen LogP contribution in [0.25, 0.3) is 0 Å². The van der Waals surface area contributed by atoms with Crippen LogP contribution in [-0.4, -0.2) is 37.5 Å². The van der Waals surface area contributed by atoms with Gasteiger partial charge in [-0.3, -0.25) is 14.2 Å². The SMILES string of the molecule is CP(=O)(OCC(=O)[C@@H](N)C[C@@H]1CCNC1=O)c1ccccc1. The second-order valence-corrected chi connectivity index (χ2v) is 8.01. The molecule has 1 aliphatic rings. The molecule has 1 aromatic rings. The van der Waals surface area contributed by atoms with Crippen LogP contribution in [0, 0.1) is 5.92 Å². The zero-order valence-corrected chi connectivity index (χ0v) is 13.4. The van der Waals surface area contributed by atoms with Crippen molar-refractivity contribution in [2.75, 3.05) is 19.8 Å². The van der Waals surface area contributed by atoms with Gasteiger partial charge in [-0.25, -0.2) is 0 Å². The number of rotatable bonds is 7. The summed E-state index contributed by atoms with van der Waals surface area (Å²) >= 11 is 0. The molecule has 0 bridgehead atoms. The molecule has 3 N–H and O–H groups in total. The Hall–Kier alpha value is -1.49. The van der Waals surface area contributed by atoms with Crippen molar-refractivity contribution in [1.82, 2.24) is 5.32 Å². The molecule has 0 aromatic heterocycles. The monoisotopic (exact) mass is 324 g/mol. The summed E-state index contributed by atoms with van der Waals surface area (Å²) in [6, 6.07) is 7.98. The van der Waals surface area contributed by atoms with Crippen LogP contribution in [0.3, 0.4) is 0 Å². The van der Waals surface area contributed by atoms with Crippen molar-refractivity contribution in [2.24, 2.45) is 11.7 Å². The number of Topliss-reactive ketones (excluding diaryl/α,β-unsaturated/α-hetero) is 1. The first-order chi connectivity index (χ1) is 10.4. The van der Waals surface area contributed by atoms with E-state index < -0.39 is 13.4 Å². The van der Waals surface area contributed by atoms with Gasteiger partial charge in [0.05, 0.1) is 6.04 Å². The van der Waals surface area contributed by atoms with Crippen molar-refractivity contribution in [3.8, 4) is 0 Å². The minimum Gasteiger partial charge on any atom is -0.356 e. The number of ketones is 1. The van der Waals surface area contributed by atoms with Crippen LogP contribution in [0.2, 0.25) is 0 Å². The minimum atomic E-state index is -3.04. The summed E-state index contributed by atoms with van der Waals surface area (Å²) in [4.78, 5) is 23.5. The van der Waals surface area contributed by atoms with Crippen LogP contribution >= 0.6 is 7.37 Å². The largest absolute Gasteiger partial charge is 0.356 e. The van der Waals surface area contributed by atoms with E-state index in [-0.39, 0.29) is 24.2 Å². The fourth-order valence-electron chi connectivity index (χ4n) is 2.38. The normalized spacial score (nSPS) is 21.9. The molecule has 1 heterocycles. The molecular weight excluding hydrogens is 303 g/mol. The lowest BCUT2D eigenvalue weighted by molar-refractivity contribution is -0.124. The summed E-state index contributed by atoms with van der Waals surface area (Å²) in [6.07, 6.45) is 0.990. The van der Waals surface area contributed by atoms with E-state index in [9.17, 15) is 14.2 Å². The summed E-state index contributed by atoms with van der Waals surface area (Å²) < 4.78 is 17.8. The molecule has 2 rings (SSSR count). The molecule has 0 spiro atoms. The van der Waals surface area contributed by atoms with Gasteiger partial charge in [-0.15, -0.1) is 0 Å². The molecule has 1 saturated heterocycles. The predicted molar refractivity (Wildman–Crippen MR) is 84.3 cm³/mol. The second kappa shape index (κ2) is 7.18. The van der Waals surface area contributed by atoms with Crippen molar-refractivity contribution in [3.63, 3.8) is 0 Å². The van der Waals surface area contributed by atoms with Gasteiger partial charge in [0.1, 0.15) is 6.61 Å². The number of benzene rings is 1. The van der Waals surface area contributed by atoms with Crippen LogP contribution in [0.5, 0.6) is 0 Å². The molecule has 1 aliphatic heterocycles. The van der Waals surface area contributed by atoms with Crippen molar-refractivity contribution < 1.29 is 18.7 Å². The molecule has 22 heavy (non-hydrogen) atoms. The lowest BCUT2D eigenvalue weighted by Gasteiger charge is -2.17. The Balaban J connectivity index is 1.86. The Kier molecular flexibility index (Phi) is 5.51. The molecular formula is C15H21N2O4P. The third-order valence-electron chi connectivity index (χ3n) is 3.79. The molecule has 1 aromatic carbocycles. The summed E-state index contributed by atoms with van der Waals surface area (Å²) in [5, 5.41) is 3.27. The molecule has 0 saturated carbocycles. The lowest BCUT2D eigenvalue weighted by Crippen LogP contribution is -2.37. The second-order valence-electron chi connectivity index (χ2n) is 5.54. The average Bonchev–Trinajstić information content (AvgIpc) is 2.91. The quantitative estimate of drug-likeness (QED) is 0.718. The van der Waals surface area contributed by atoms with Gasteiger partial charge in [-0.2, -0.15) is 0 Å². The minimum absolute atomic E-state index is 0.0605. The van der Waals surface area contributed by atoms with Crippen molar-refractivity contribution in [3.05, 3.63) is 30.3 Å². The number of carbonyl (C=O) groups excluding carboxylic acids is 2. The van der Waals surface area contributed by atoms with Crippen molar-refractivity contribution >= 4 is 24.4 Å². The van der Waals surface area contributed by atoms with Crippen LogP contribution in [-0.2, 0) is 18.7 Å². The number of hydrogen-bond donors (Lipinski definition) is 2. The molecule has 1 unspecified atom stereocenters.